The number of methoxy groups -OCH3 is 1. The number of ether oxygens (including phenoxy) is 1. The number of unbranched alkanes of at least 4 members (excludes halogenated alkanes) is 2. The number of hydrogen-bond acceptors (Lipinski definition) is 4. The second-order valence-electron chi connectivity index (χ2n) is 8.14. The van der Waals surface area contributed by atoms with Gasteiger partial charge in [-0.25, -0.2) is 0 Å². The van der Waals surface area contributed by atoms with E-state index in [4.69, 9.17) is 4.74 Å². The number of benzene rings is 1. The Kier molecular flexibility index (Phi) is 15.5. The Labute approximate surface area is 199 Å². The lowest BCUT2D eigenvalue weighted by atomic mass is 10.0. The fourth-order valence-corrected chi connectivity index (χ4v) is 3.54. The van der Waals surface area contributed by atoms with Crippen LogP contribution < -0.4 is 10.1 Å². The molecule has 0 spiro atoms. The zero-order valence-electron chi connectivity index (χ0n) is 20.2. The second-order valence-corrected chi connectivity index (χ2v) is 8.14. The van der Waals surface area contributed by atoms with Crippen LogP contribution in [-0.2, 0) is 16.1 Å². The number of carbonyl (C=O) groups is 2. The molecule has 2 N–H and O–H groups in total. The van der Waals surface area contributed by atoms with E-state index in [9.17, 15) is 14.7 Å². The summed E-state index contributed by atoms with van der Waals surface area (Å²) in [7, 11) is 1.55. The van der Waals surface area contributed by atoms with Crippen LogP contribution >= 0.6 is 12.4 Å². The average molecular weight is 469 g/mol. The highest BCUT2D eigenvalue weighted by Gasteiger charge is 2.28. The van der Waals surface area contributed by atoms with Crippen LogP contribution in [0.4, 0.5) is 0 Å². The van der Waals surface area contributed by atoms with Crippen molar-refractivity contribution in [2.75, 3.05) is 20.2 Å². The Hall–Kier alpha value is -2.05. The molecule has 0 heterocycles. The molecule has 1 atom stereocenters. The maximum absolute atomic E-state index is 12.1. The molecule has 0 aliphatic carbocycles. The monoisotopic (exact) mass is 468 g/mol. The fourth-order valence-electron chi connectivity index (χ4n) is 3.54. The lowest BCUT2D eigenvalue weighted by Crippen LogP contribution is -2.35. The molecule has 1 rings (SSSR count). The molecule has 0 aliphatic rings. The normalized spacial score (nSPS) is 12.1. The van der Waals surface area contributed by atoms with Crippen LogP contribution in [0.2, 0.25) is 0 Å². The molecule has 7 heteroatoms. The summed E-state index contributed by atoms with van der Waals surface area (Å²) in [5.74, 6) is 0.233. The summed E-state index contributed by atoms with van der Waals surface area (Å²) in [4.78, 5) is 26.0. The lowest BCUT2D eigenvalue weighted by molar-refractivity contribution is -0.143. The second kappa shape index (κ2) is 16.6. The van der Waals surface area contributed by atoms with E-state index < -0.39 is 12.0 Å². The number of rotatable bonds is 15. The van der Waals surface area contributed by atoms with E-state index in [1.165, 1.54) is 0 Å². The number of carboxylic acid groups (broad SMARTS) is 1. The largest absolute Gasteiger partial charge is 0.496 e. The molecule has 1 unspecified atom stereocenters. The molecule has 0 bridgehead atoms. The van der Waals surface area contributed by atoms with Gasteiger partial charge >= 0.3 is 5.97 Å². The van der Waals surface area contributed by atoms with Crippen molar-refractivity contribution in [2.45, 2.75) is 72.4 Å². The van der Waals surface area contributed by atoms with E-state index in [1.807, 2.05) is 30.9 Å². The van der Waals surface area contributed by atoms with Gasteiger partial charge in [0.2, 0.25) is 5.91 Å². The molecule has 32 heavy (non-hydrogen) atoms. The van der Waals surface area contributed by atoms with Crippen LogP contribution in [-0.4, -0.2) is 42.1 Å². The Morgan fingerprint density at radius 2 is 1.94 bits per heavy atom. The van der Waals surface area contributed by atoms with Gasteiger partial charge in [-0.2, -0.15) is 0 Å². The number of nitrogens with zero attached hydrogens (tertiary/aromatic N) is 1. The summed E-state index contributed by atoms with van der Waals surface area (Å²) in [5, 5.41) is 12.8. The molecule has 0 radical (unpaired) electrons. The summed E-state index contributed by atoms with van der Waals surface area (Å²) in [6.07, 6.45) is 8.62. The third-order valence-electron chi connectivity index (χ3n) is 5.14. The number of nitrogens with one attached hydrogen (secondary N) is 1. The van der Waals surface area contributed by atoms with E-state index in [2.05, 4.69) is 31.3 Å². The zero-order valence-corrected chi connectivity index (χ0v) is 21.0. The van der Waals surface area contributed by atoms with Crippen LogP contribution in [0.15, 0.2) is 30.4 Å². The first kappa shape index (κ1) is 29.9. The summed E-state index contributed by atoms with van der Waals surface area (Å²) in [6, 6.07) is 4.73. The predicted octanol–water partition coefficient (Wildman–Crippen LogP) is 5.36. The van der Waals surface area contributed by atoms with Gasteiger partial charge in [0.25, 0.3) is 0 Å². The quantitative estimate of drug-likeness (QED) is 0.267. The standard InChI is InChI=1S/C25H40N2O4.ClH/c1-6-16-27(7-2)24(25(29)30)21-15-14-20(17-22(21)31-5)18-26-23(28)13-11-9-8-10-12-19(3)4;/h10,12,14-15,17,19,24H,6-9,11,13,16,18H2,1-5H3,(H,26,28)(H,29,30);1H. The summed E-state index contributed by atoms with van der Waals surface area (Å²) in [6.45, 7) is 10.0. The van der Waals surface area contributed by atoms with Crippen molar-refractivity contribution < 1.29 is 19.4 Å². The van der Waals surface area contributed by atoms with Gasteiger partial charge in [-0.3, -0.25) is 14.5 Å². The highest BCUT2D eigenvalue weighted by Crippen LogP contribution is 2.31. The number of likely N-dealkylation sites (N-methyl/N-ethyl adjacent to an activating group) is 1. The van der Waals surface area contributed by atoms with Gasteiger partial charge in [0.1, 0.15) is 11.8 Å². The summed E-state index contributed by atoms with van der Waals surface area (Å²) < 4.78 is 5.51. The van der Waals surface area contributed by atoms with Crippen molar-refractivity contribution in [1.29, 1.82) is 0 Å². The van der Waals surface area contributed by atoms with Crippen molar-refractivity contribution in [3.8, 4) is 5.75 Å². The molecule has 1 aromatic rings. The van der Waals surface area contributed by atoms with Gasteiger partial charge < -0.3 is 15.2 Å². The summed E-state index contributed by atoms with van der Waals surface area (Å²) in [5.41, 5.74) is 1.52. The molecule has 0 saturated carbocycles. The van der Waals surface area contributed by atoms with Crippen molar-refractivity contribution in [2.24, 2.45) is 5.92 Å². The first-order valence-electron chi connectivity index (χ1n) is 11.4. The van der Waals surface area contributed by atoms with E-state index in [1.54, 1.807) is 13.2 Å². The van der Waals surface area contributed by atoms with Crippen molar-refractivity contribution in [3.05, 3.63) is 41.5 Å². The van der Waals surface area contributed by atoms with Crippen molar-refractivity contribution >= 4 is 24.3 Å². The fraction of sp³-hybridized carbons (Fsp3) is 0.600. The van der Waals surface area contributed by atoms with Crippen LogP contribution in [0, 0.1) is 5.92 Å². The topological polar surface area (TPSA) is 78.9 Å². The smallest absolute Gasteiger partial charge is 0.325 e. The van der Waals surface area contributed by atoms with Crippen LogP contribution in [0.1, 0.15) is 77.0 Å². The Morgan fingerprint density at radius 1 is 1.22 bits per heavy atom. The Morgan fingerprint density at radius 3 is 2.50 bits per heavy atom. The first-order chi connectivity index (χ1) is 14.8. The van der Waals surface area contributed by atoms with Crippen molar-refractivity contribution in [3.63, 3.8) is 0 Å². The molecule has 182 valence electrons. The van der Waals surface area contributed by atoms with E-state index >= 15 is 0 Å². The minimum atomic E-state index is -0.891. The van der Waals surface area contributed by atoms with Gasteiger partial charge in [0.15, 0.2) is 0 Å². The van der Waals surface area contributed by atoms with Crippen LogP contribution in [0.3, 0.4) is 0 Å². The number of carboxylic acids is 1. The van der Waals surface area contributed by atoms with Crippen LogP contribution in [0.5, 0.6) is 5.75 Å². The van der Waals surface area contributed by atoms with E-state index in [0.29, 0.717) is 43.3 Å². The van der Waals surface area contributed by atoms with E-state index in [0.717, 1.165) is 31.2 Å². The molecule has 0 saturated heterocycles. The number of aliphatic carboxylic acids is 1. The van der Waals surface area contributed by atoms with Gasteiger partial charge in [0.05, 0.1) is 7.11 Å². The summed E-state index contributed by atoms with van der Waals surface area (Å²) >= 11 is 0. The minimum Gasteiger partial charge on any atom is -0.496 e. The van der Waals surface area contributed by atoms with Gasteiger partial charge in [-0.1, -0.05) is 52.0 Å². The zero-order chi connectivity index (χ0) is 23.2. The lowest BCUT2D eigenvalue weighted by Gasteiger charge is -2.28. The Balaban J connectivity index is 0.00000961. The third-order valence-corrected chi connectivity index (χ3v) is 5.14. The molecule has 1 amide bonds. The van der Waals surface area contributed by atoms with Crippen LogP contribution in [0.25, 0.3) is 0 Å². The average Bonchev–Trinajstić information content (AvgIpc) is 2.74. The van der Waals surface area contributed by atoms with Gasteiger partial charge in [0, 0.05) is 18.5 Å². The van der Waals surface area contributed by atoms with Gasteiger partial charge in [-0.15, -0.1) is 12.4 Å². The van der Waals surface area contributed by atoms with Crippen molar-refractivity contribution in [1.82, 2.24) is 10.2 Å². The molecule has 0 fully saturated rings. The maximum Gasteiger partial charge on any atom is 0.325 e. The number of allylic oxidation sites excluding steroid dienone is 2. The first-order valence-corrected chi connectivity index (χ1v) is 11.4. The molecule has 0 aliphatic heterocycles. The highest BCUT2D eigenvalue weighted by molar-refractivity contribution is 5.85. The molecule has 1 aromatic carbocycles. The number of hydrogen-bond donors (Lipinski definition) is 2. The van der Waals surface area contributed by atoms with Gasteiger partial charge in [-0.05, 0) is 56.3 Å². The SMILES string of the molecule is CCCN(CC)C(C(=O)O)c1ccc(CNC(=O)CCCCC=CC(C)C)cc1OC.Cl. The third kappa shape index (κ3) is 10.5. The molecule has 0 aromatic heterocycles. The van der Waals surface area contributed by atoms with E-state index in [-0.39, 0.29) is 18.3 Å². The number of halogens is 1. The molecular weight excluding hydrogens is 428 g/mol. The number of amides is 1. The molecule has 6 nitrogen and oxygen atoms in total. The number of carbonyl (C=O) groups excluding carboxylic acids is 1. The minimum absolute atomic E-state index is 0. The molecular formula is C25H41ClN2O4. The maximum atomic E-state index is 12.1. The predicted molar refractivity (Wildman–Crippen MR) is 132 cm³/mol. The highest BCUT2D eigenvalue weighted by atomic mass is 35.5. The Bertz CT molecular complexity index is 722.